The lowest BCUT2D eigenvalue weighted by atomic mass is 10.2. The lowest BCUT2D eigenvalue weighted by molar-refractivity contribution is 0.370. The SMILES string of the molecule is CN=C(NCc1cccnc1-n1ccnc1)N1CCN(c2ncccn2)CC1. The van der Waals surface area contributed by atoms with Gasteiger partial charge >= 0.3 is 0 Å². The van der Waals surface area contributed by atoms with Crippen LogP contribution in [0.15, 0.2) is 60.5 Å². The number of hydrogen-bond donors (Lipinski definition) is 1. The Hall–Kier alpha value is -3.49. The lowest BCUT2D eigenvalue weighted by Gasteiger charge is -2.36. The van der Waals surface area contributed by atoms with E-state index in [1.807, 2.05) is 29.9 Å². The van der Waals surface area contributed by atoms with Crippen molar-refractivity contribution in [2.75, 3.05) is 38.1 Å². The number of hydrogen-bond acceptors (Lipinski definition) is 6. The van der Waals surface area contributed by atoms with Crippen LogP contribution in [0.25, 0.3) is 5.82 Å². The monoisotopic (exact) mass is 377 g/mol. The maximum Gasteiger partial charge on any atom is 0.225 e. The molecule has 9 nitrogen and oxygen atoms in total. The quantitative estimate of drug-likeness (QED) is 0.535. The lowest BCUT2D eigenvalue weighted by Crippen LogP contribution is -2.52. The number of rotatable bonds is 4. The molecule has 0 aromatic carbocycles. The van der Waals surface area contributed by atoms with Gasteiger partial charge in [-0.2, -0.15) is 0 Å². The van der Waals surface area contributed by atoms with E-state index in [0.717, 1.165) is 49.5 Å². The molecule has 1 aliphatic heterocycles. The van der Waals surface area contributed by atoms with Crippen molar-refractivity contribution in [3.8, 4) is 5.82 Å². The van der Waals surface area contributed by atoms with E-state index in [1.54, 1.807) is 31.1 Å². The molecule has 0 atom stereocenters. The number of guanidine groups is 1. The fourth-order valence-corrected chi connectivity index (χ4v) is 3.26. The van der Waals surface area contributed by atoms with E-state index in [0.29, 0.717) is 6.54 Å². The minimum absolute atomic E-state index is 0.635. The highest BCUT2D eigenvalue weighted by Gasteiger charge is 2.21. The van der Waals surface area contributed by atoms with Crippen molar-refractivity contribution in [3.05, 3.63) is 61.1 Å². The van der Waals surface area contributed by atoms with Gasteiger partial charge < -0.3 is 15.1 Å². The van der Waals surface area contributed by atoms with Crippen molar-refractivity contribution in [1.29, 1.82) is 0 Å². The summed E-state index contributed by atoms with van der Waals surface area (Å²) in [6, 6.07) is 5.84. The molecule has 1 N–H and O–H groups in total. The van der Waals surface area contributed by atoms with E-state index in [4.69, 9.17) is 0 Å². The van der Waals surface area contributed by atoms with E-state index in [2.05, 4.69) is 46.1 Å². The predicted octanol–water partition coefficient (Wildman–Crippen LogP) is 0.955. The number of piperazine rings is 1. The Morgan fingerprint density at radius 1 is 1.04 bits per heavy atom. The first-order valence-corrected chi connectivity index (χ1v) is 9.25. The Balaban J connectivity index is 1.38. The normalized spacial score (nSPS) is 15.0. The van der Waals surface area contributed by atoms with Gasteiger partial charge in [0.25, 0.3) is 0 Å². The first-order valence-electron chi connectivity index (χ1n) is 9.25. The first-order chi connectivity index (χ1) is 13.8. The second-order valence-corrected chi connectivity index (χ2v) is 6.38. The smallest absolute Gasteiger partial charge is 0.225 e. The van der Waals surface area contributed by atoms with E-state index < -0.39 is 0 Å². The molecule has 4 rings (SSSR count). The third-order valence-electron chi connectivity index (χ3n) is 4.68. The van der Waals surface area contributed by atoms with Gasteiger partial charge in [0, 0.05) is 76.3 Å². The van der Waals surface area contributed by atoms with Gasteiger partial charge in [-0.3, -0.25) is 9.56 Å². The number of imidazole rings is 1. The van der Waals surface area contributed by atoms with Crippen LogP contribution in [0, 0.1) is 0 Å². The standard InChI is InChI=1S/C19H23N9/c1-20-18(26-10-12-27(13-11-26)19-23-6-3-7-24-19)25-14-16-4-2-5-22-17(16)28-9-8-21-15-28/h2-9,15H,10-14H2,1H3,(H,20,25). The summed E-state index contributed by atoms with van der Waals surface area (Å²) in [5.41, 5.74) is 1.08. The van der Waals surface area contributed by atoms with E-state index in [-0.39, 0.29) is 0 Å². The predicted molar refractivity (Wildman–Crippen MR) is 107 cm³/mol. The Morgan fingerprint density at radius 2 is 1.82 bits per heavy atom. The zero-order valence-electron chi connectivity index (χ0n) is 15.8. The van der Waals surface area contributed by atoms with Gasteiger partial charge in [0.1, 0.15) is 12.1 Å². The highest BCUT2D eigenvalue weighted by Crippen LogP contribution is 2.12. The first kappa shape index (κ1) is 17.9. The van der Waals surface area contributed by atoms with E-state index in [9.17, 15) is 0 Å². The topological polar surface area (TPSA) is 87.4 Å². The van der Waals surface area contributed by atoms with Crippen molar-refractivity contribution in [2.24, 2.45) is 4.99 Å². The average Bonchev–Trinajstić information content (AvgIpc) is 3.30. The fourth-order valence-electron chi connectivity index (χ4n) is 3.26. The molecule has 0 radical (unpaired) electrons. The molecule has 0 unspecified atom stereocenters. The fraction of sp³-hybridized carbons (Fsp3) is 0.316. The Bertz CT molecular complexity index is 900. The van der Waals surface area contributed by atoms with Crippen LogP contribution in [-0.4, -0.2) is 68.6 Å². The second kappa shape index (κ2) is 8.47. The second-order valence-electron chi connectivity index (χ2n) is 6.38. The van der Waals surface area contributed by atoms with Gasteiger partial charge in [-0.1, -0.05) is 6.07 Å². The summed E-state index contributed by atoms with van der Waals surface area (Å²) in [6.07, 6.45) is 10.7. The van der Waals surface area contributed by atoms with Crippen molar-refractivity contribution >= 4 is 11.9 Å². The Morgan fingerprint density at radius 3 is 2.54 bits per heavy atom. The molecule has 0 saturated carbocycles. The van der Waals surface area contributed by atoms with Crippen LogP contribution in [0.4, 0.5) is 5.95 Å². The zero-order chi connectivity index (χ0) is 19.2. The van der Waals surface area contributed by atoms with Gasteiger partial charge in [0.05, 0.1) is 0 Å². The summed E-state index contributed by atoms with van der Waals surface area (Å²) in [6.45, 7) is 4.07. The number of aromatic nitrogens is 5. The Labute approximate surface area is 163 Å². The maximum atomic E-state index is 4.49. The largest absolute Gasteiger partial charge is 0.352 e. The van der Waals surface area contributed by atoms with Gasteiger partial charge in [-0.25, -0.2) is 19.9 Å². The van der Waals surface area contributed by atoms with Crippen molar-refractivity contribution in [1.82, 2.24) is 34.7 Å². The Kier molecular flexibility index (Phi) is 5.41. The number of aliphatic imine (C=N–C) groups is 1. The highest BCUT2D eigenvalue weighted by molar-refractivity contribution is 5.80. The van der Waals surface area contributed by atoms with E-state index in [1.165, 1.54) is 0 Å². The molecular formula is C19H23N9. The average molecular weight is 377 g/mol. The summed E-state index contributed by atoms with van der Waals surface area (Å²) < 4.78 is 1.92. The van der Waals surface area contributed by atoms with Gasteiger partial charge in [0.15, 0.2) is 5.96 Å². The maximum absolute atomic E-state index is 4.49. The molecule has 28 heavy (non-hydrogen) atoms. The summed E-state index contributed by atoms with van der Waals surface area (Å²) in [5.74, 6) is 2.54. The molecule has 0 bridgehead atoms. The molecule has 9 heteroatoms. The molecule has 3 aromatic heterocycles. The van der Waals surface area contributed by atoms with Gasteiger partial charge in [-0.15, -0.1) is 0 Å². The molecule has 0 aliphatic carbocycles. The van der Waals surface area contributed by atoms with Crippen molar-refractivity contribution < 1.29 is 0 Å². The molecule has 0 spiro atoms. The summed E-state index contributed by atoms with van der Waals surface area (Å²) in [4.78, 5) is 26.2. The summed E-state index contributed by atoms with van der Waals surface area (Å²) in [5, 5.41) is 3.46. The van der Waals surface area contributed by atoms with Gasteiger partial charge in [-0.05, 0) is 12.1 Å². The van der Waals surface area contributed by atoms with E-state index >= 15 is 0 Å². The molecular weight excluding hydrogens is 354 g/mol. The van der Waals surface area contributed by atoms with Crippen LogP contribution in [0.3, 0.4) is 0 Å². The third kappa shape index (κ3) is 3.93. The van der Waals surface area contributed by atoms with Crippen LogP contribution in [0.5, 0.6) is 0 Å². The zero-order valence-corrected chi connectivity index (χ0v) is 15.8. The molecule has 1 aliphatic rings. The molecule has 4 heterocycles. The van der Waals surface area contributed by atoms with Crippen LogP contribution >= 0.6 is 0 Å². The molecule has 0 amide bonds. The minimum atomic E-state index is 0.635. The van der Waals surface area contributed by atoms with Crippen LogP contribution < -0.4 is 10.2 Å². The highest BCUT2D eigenvalue weighted by atomic mass is 15.4. The number of anilines is 1. The van der Waals surface area contributed by atoms with Crippen LogP contribution in [-0.2, 0) is 6.54 Å². The summed E-state index contributed by atoms with van der Waals surface area (Å²) in [7, 11) is 1.81. The van der Waals surface area contributed by atoms with Crippen molar-refractivity contribution in [2.45, 2.75) is 6.54 Å². The number of nitrogens with zero attached hydrogens (tertiary/aromatic N) is 8. The van der Waals surface area contributed by atoms with Crippen LogP contribution in [0.1, 0.15) is 5.56 Å². The molecule has 144 valence electrons. The third-order valence-corrected chi connectivity index (χ3v) is 4.68. The molecule has 1 fully saturated rings. The molecule has 3 aromatic rings. The molecule has 1 saturated heterocycles. The van der Waals surface area contributed by atoms with Crippen LogP contribution in [0.2, 0.25) is 0 Å². The van der Waals surface area contributed by atoms with Crippen molar-refractivity contribution in [3.63, 3.8) is 0 Å². The summed E-state index contributed by atoms with van der Waals surface area (Å²) >= 11 is 0. The van der Waals surface area contributed by atoms with Gasteiger partial charge in [0.2, 0.25) is 5.95 Å². The minimum Gasteiger partial charge on any atom is -0.352 e. The number of nitrogens with one attached hydrogen (secondary N) is 1. The number of pyridine rings is 1.